The van der Waals surface area contributed by atoms with E-state index < -0.39 is 0 Å². The summed E-state index contributed by atoms with van der Waals surface area (Å²) >= 11 is 0. The fourth-order valence-electron chi connectivity index (χ4n) is 4.78. The molecule has 0 bridgehead atoms. The number of hydrogen-bond donors (Lipinski definition) is 1. The molecule has 9 nitrogen and oxygen atoms in total. The summed E-state index contributed by atoms with van der Waals surface area (Å²) in [5, 5.41) is 8.86. The summed E-state index contributed by atoms with van der Waals surface area (Å²) in [4.78, 5) is 24.3. The van der Waals surface area contributed by atoms with Crippen molar-refractivity contribution in [3.8, 4) is 0 Å². The van der Waals surface area contributed by atoms with Crippen LogP contribution in [-0.4, -0.2) is 79.8 Å². The fourth-order valence-corrected chi connectivity index (χ4v) is 4.78. The second kappa shape index (κ2) is 7.29. The number of carbonyl (C=O) groups excluding carboxylic acids is 1. The average molecular weight is 397 g/mol. The lowest BCUT2D eigenvalue weighted by Gasteiger charge is -2.32. The Morgan fingerprint density at radius 3 is 2.86 bits per heavy atom. The van der Waals surface area contributed by atoms with E-state index in [0.717, 1.165) is 68.1 Å². The summed E-state index contributed by atoms with van der Waals surface area (Å²) in [5.74, 6) is 1.56. The summed E-state index contributed by atoms with van der Waals surface area (Å²) in [6, 6.07) is 2.00. The maximum Gasteiger partial charge on any atom is 0.410 e. The summed E-state index contributed by atoms with van der Waals surface area (Å²) in [6.07, 6.45) is 6.05. The first-order valence-electron chi connectivity index (χ1n) is 10.4. The lowest BCUT2D eigenvalue weighted by atomic mass is 9.93. The van der Waals surface area contributed by atoms with Crippen LogP contribution in [0.2, 0.25) is 0 Å². The first kappa shape index (κ1) is 18.4. The third kappa shape index (κ3) is 3.23. The second-order valence-electron chi connectivity index (χ2n) is 8.26. The maximum absolute atomic E-state index is 12.6. The summed E-state index contributed by atoms with van der Waals surface area (Å²) in [5.41, 5.74) is 2.55. The molecule has 3 aromatic heterocycles. The van der Waals surface area contributed by atoms with E-state index in [9.17, 15) is 4.79 Å². The molecule has 5 rings (SSSR count). The van der Waals surface area contributed by atoms with E-state index in [1.165, 1.54) is 0 Å². The number of hydrogen-bond acceptors (Lipinski definition) is 6. The van der Waals surface area contributed by atoms with Crippen molar-refractivity contribution in [2.45, 2.75) is 38.2 Å². The molecule has 2 fully saturated rings. The number of fused-ring (bicyclic) bond motifs is 3. The van der Waals surface area contributed by atoms with E-state index >= 15 is 0 Å². The van der Waals surface area contributed by atoms with Crippen LogP contribution >= 0.6 is 0 Å². The van der Waals surface area contributed by atoms with Crippen molar-refractivity contribution in [3.63, 3.8) is 0 Å². The Morgan fingerprint density at radius 1 is 1.24 bits per heavy atom. The van der Waals surface area contributed by atoms with Gasteiger partial charge in [-0.3, -0.25) is 4.40 Å². The van der Waals surface area contributed by atoms with Gasteiger partial charge in [-0.15, -0.1) is 10.2 Å². The molecule has 3 aromatic rings. The molecule has 1 aliphatic carbocycles. The molecule has 154 valence electrons. The third-order valence-electron chi connectivity index (χ3n) is 6.50. The van der Waals surface area contributed by atoms with Crippen molar-refractivity contribution >= 4 is 22.9 Å². The predicted molar refractivity (Wildman–Crippen MR) is 108 cm³/mol. The van der Waals surface area contributed by atoms with Gasteiger partial charge in [0.15, 0.2) is 11.3 Å². The molecule has 0 spiro atoms. The number of rotatable bonds is 3. The SMILES string of the molecule is CC[C@@H]1C[C@H](OC(=O)N2CCN(C)CC2)CC1c1nnc2cnc3[nH]ccc3n12. The summed E-state index contributed by atoms with van der Waals surface area (Å²) < 4.78 is 8.02. The number of nitrogens with one attached hydrogen (secondary N) is 1. The molecule has 1 aliphatic heterocycles. The number of aromatic amines is 1. The zero-order valence-corrected chi connectivity index (χ0v) is 16.9. The number of aromatic nitrogens is 5. The molecular formula is C20H27N7O2. The van der Waals surface area contributed by atoms with Crippen LogP contribution in [0.4, 0.5) is 4.79 Å². The Bertz CT molecular complexity index is 1020. The molecular weight excluding hydrogens is 370 g/mol. The number of piperazine rings is 1. The van der Waals surface area contributed by atoms with Crippen LogP contribution in [0.3, 0.4) is 0 Å². The molecule has 1 saturated heterocycles. The Labute approximate surface area is 169 Å². The maximum atomic E-state index is 12.6. The van der Waals surface area contributed by atoms with Gasteiger partial charge in [-0.1, -0.05) is 13.3 Å². The van der Waals surface area contributed by atoms with Gasteiger partial charge in [-0.05, 0) is 31.9 Å². The highest BCUT2D eigenvalue weighted by Gasteiger charge is 2.39. The molecule has 0 aromatic carbocycles. The van der Waals surface area contributed by atoms with Crippen molar-refractivity contribution in [1.82, 2.24) is 34.4 Å². The van der Waals surface area contributed by atoms with Crippen molar-refractivity contribution in [3.05, 3.63) is 24.3 Å². The minimum atomic E-state index is -0.179. The Kier molecular flexibility index (Phi) is 4.61. The quantitative estimate of drug-likeness (QED) is 0.729. The minimum absolute atomic E-state index is 0.0759. The topological polar surface area (TPSA) is 91.7 Å². The Hall–Kier alpha value is -2.68. The van der Waals surface area contributed by atoms with E-state index in [1.54, 1.807) is 6.20 Å². The van der Waals surface area contributed by atoms with Gasteiger partial charge in [0.25, 0.3) is 0 Å². The first-order valence-corrected chi connectivity index (χ1v) is 10.4. The highest BCUT2D eigenvalue weighted by atomic mass is 16.6. The summed E-state index contributed by atoms with van der Waals surface area (Å²) in [6.45, 7) is 5.45. The average Bonchev–Trinajstić information content (AvgIpc) is 3.44. The van der Waals surface area contributed by atoms with Crippen molar-refractivity contribution in [2.24, 2.45) is 5.92 Å². The smallest absolute Gasteiger partial charge is 0.410 e. The standard InChI is InChI=1S/C20H27N7O2/c1-3-13-10-14(29-20(28)26-8-6-25(2)7-9-26)11-15(13)19-24-23-17-12-22-18-16(27(17)19)4-5-21-18/h4-5,12-15,21H,3,6-11H2,1-2H3/t13-,14+,15?/m1/s1. The van der Waals surface area contributed by atoms with Crippen molar-refractivity contribution in [1.29, 1.82) is 0 Å². The number of nitrogens with zero attached hydrogens (tertiary/aromatic N) is 6. The second-order valence-corrected chi connectivity index (χ2v) is 8.26. The molecule has 1 amide bonds. The first-order chi connectivity index (χ1) is 14.1. The van der Waals surface area contributed by atoms with Crippen LogP contribution in [0.5, 0.6) is 0 Å². The third-order valence-corrected chi connectivity index (χ3v) is 6.50. The number of carbonyl (C=O) groups is 1. The van der Waals surface area contributed by atoms with Gasteiger partial charge in [0.05, 0.1) is 11.7 Å². The fraction of sp³-hybridized carbons (Fsp3) is 0.600. The Morgan fingerprint density at radius 2 is 2.07 bits per heavy atom. The highest BCUT2D eigenvalue weighted by Crippen LogP contribution is 2.42. The van der Waals surface area contributed by atoms with Crippen LogP contribution in [-0.2, 0) is 4.74 Å². The number of ether oxygens (including phenoxy) is 1. The van der Waals surface area contributed by atoms with Gasteiger partial charge >= 0.3 is 6.09 Å². The molecule has 0 radical (unpaired) electrons. The zero-order valence-electron chi connectivity index (χ0n) is 16.9. The van der Waals surface area contributed by atoms with E-state index in [1.807, 2.05) is 17.2 Å². The molecule has 2 aliphatic rings. The van der Waals surface area contributed by atoms with E-state index in [2.05, 4.69) is 43.4 Å². The molecule has 9 heteroatoms. The lowest BCUT2D eigenvalue weighted by Crippen LogP contribution is -2.47. The van der Waals surface area contributed by atoms with Gasteiger partial charge in [0.1, 0.15) is 11.9 Å². The monoisotopic (exact) mass is 397 g/mol. The van der Waals surface area contributed by atoms with Gasteiger partial charge in [0, 0.05) is 38.3 Å². The van der Waals surface area contributed by atoms with Crippen LogP contribution < -0.4 is 0 Å². The largest absolute Gasteiger partial charge is 0.446 e. The predicted octanol–water partition coefficient (Wildman–Crippen LogP) is 2.26. The minimum Gasteiger partial charge on any atom is -0.446 e. The van der Waals surface area contributed by atoms with Gasteiger partial charge < -0.3 is 19.5 Å². The van der Waals surface area contributed by atoms with Crippen LogP contribution in [0.15, 0.2) is 18.5 Å². The molecule has 1 saturated carbocycles. The van der Waals surface area contributed by atoms with E-state index in [4.69, 9.17) is 4.74 Å². The van der Waals surface area contributed by atoms with Crippen molar-refractivity contribution in [2.75, 3.05) is 33.2 Å². The Balaban J connectivity index is 1.37. The van der Waals surface area contributed by atoms with Gasteiger partial charge in [0.2, 0.25) is 0 Å². The molecule has 1 unspecified atom stereocenters. The molecule has 3 atom stereocenters. The molecule has 29 heavy (non-hydrogen) atoms. The lowest BCUT2D eigenvalue weighted by molar-refractivity contribution is 0.0500. The van der Waals surface area contributed by atoms with Crippen molar-refractivity contribution < 1.29 is 9.53 Å². The van der Waals surface area contributed by atoms with E-state index in [0.29, 0.717) is 5.92 Å². The molecule has 4 heterocycles. The number of amides is 1. The number of H-pyrrole nitrogens is 1. The summed E-state index contributed by atoms with van der Waals surface area (Å²) in [7, 11) is 2.08. The number of likely N-dealkylation sites (N-methyl/N-ethyl adjacent to an activating group) is 1. The van der Waals surface area contributed by atoms with Crippen LogP contribution in [0.25, 0.3) is 16.8 Å². The van der Waals surface area contributed by atoms with Gasteiger partial charge in [-0.2, -0.15) is 0 Å². The normalized spacial score (nSPS) is 25.9. The molecule has 1 N–H and O–H groups in total. The van der Waals surface area contributed by atoms with Crippen LogP contribution in [0, 0.1) is 5.92 Å². The van der Waals surface area contributed by atoms with Crippen LogP contribution in [0.1, 0.15) is 37.9 Å². The van der Waals surface area contributed by atoms with Gasteiger partial charge in [-0.25, -0.2) is 9.78 Å². The highest BCUT2D eigenvalue weighted by molar-refractivity contribution is 5.74. The van der Waals surface area contributed by atoms with E-state index in [-0.39, 0.29) is 18.1 Å². The zero-order chi connectivity index (χ0) is 20.0.